The van der Waals surface area contributed by atoms with Gasteiger partial charge in [0.1, 0.15) is 0 Å². The van der Waals surface area contributed by atoms with Crippen LogP contribution in [0.25, 0.3) is 0 Å². The molecule has 1 N–H and O–H groups in total. The molecule has 1 aliphatic rings. The summed E-state index contributed by atoms with van der Waals surface area (Å²) in [6.07, 6.45) is 1.38. The van der Waals surface area contributed by atoms with Crippen molar-refractivity contribution in [3.63, 3.8) is 0 Å². The number of likely N-dealkylation sites (tertiary alicyclic amines) is 1. The van der Waals surface area contributed by atoms with Gasteiger partial charge in [0.15, 0.2) is 0 Å². The average molecular weight is 170 g/mol. The van der Waals surface area contributed by atoms with Gasteiger partial charge in [-0.15, -0.1) is 0 Å². The minimum absolute atomic E-state index is 0.607. The average Bonchev–Trinajstić information content (AvgIpc) is 2.49. The van der Waals surface area contributed by atoms with Gasteiger partial charge in [-0.2, -0.15) is 0 Å². The van der Waals surface area contributed by atoms with Crippen molar-refractivity contribution in [3.05, 3.63) is 0 Å². The maximum atomic E-state index is 3.31. The van der Waals surface area contributed by atoms with Gasteiger partial charge in [0.25, 0.3) is 0 Å². The van der Waals surface area contributed by atoms with Crippen LogP contribution < -0.4 is 5.32 Å². The third-order valence-corrected chi connectivity index (χ3v) is 3.21. The molecule has 1 fully saturated rings. The topological polar surface area (TPSA) is 15.3 Å². The highest BCUT2D eigenvalue weighted by Gasteiger charge is 2.25. The fourth-order valence-corrected chi connectivity index (χ4v) is 1.90. The Morgan fingerprint density at radius 1 is 1.42 bits per heavy atom. The van der Waals surface area contributed by atoms with E-state index in [-0.39, 0.29) is 0 Å². The number of likely N-dealkylation sites (N-methyl/N-ethyl adjacent to an activating group) is 1. The highest BCUT2D eigenvalue weighted by atomic mass is 15.2. The van der Waals surface area contributed by atoms with Crippen LogP contribution >= 0.6 is 0 Å². The lowest BCUT2D eigenvalue weighted by atomic mass is 10.1. The van der Waals surface area contributed by atoms with E-state index in [1.807, 2.05) is 7.05 Å². The molecular formula is C10H22N2. The van der Waals surface area contributed by atoms with E-state index >= 15 is 0 Å². The maximum absolute atomic E-state index is 3.31. The van der Waals surface area contributed by atoms with E-state index in [2.05, 4.69) is 31.0 Å². The lowest BCUT2D eigenvalue weighted by molar-refractivity contribution is 0.213. The molecule has 1 heterocycles. The zero-order valence-electron chi connectivity index (χ0n) is 8.80. The van der Waals surface area contributed by atoms with Crippen molar-refractivity contribution in [2.45, 2.75) is 39.3 Å². The summed E-state index contributed by atoms with van der Waals surface area (Å²) in [5.41, 5.74) is 0. The molecule has 0 radical (unpaired) electrons. The van der Waals surface area contributed by atoms with Gasteiger partial charge in [-0.3, -0.25) is 4.90 Å². The van der Waals surface area contributed by atoms with E-state index in [0.29, 0.717) is 12.1 Å². The third-order valence-electron chi connectivity index (χ3n) is 3.21. The second-order valence-electron chi connectivity index (χ2n) is 4.21. The van der Waals surface area contributed by atoms with E-state index in [4.69, 9.17) is 0 Å². The van der Waals surface area contributed by atoms with Crippen LogP contribution in [0, 0.1) is 5.92 Å². The molecule has 0 saturated carbocycles. The molecule has 0 aromatic carbocycles. The number of hydrogen-bond donors (Lipinski definition) is 1. The fraction of sp³-hybridized carbons (Fsp3) is 1.00. The van der Waals surface area contributed by atoms with Crippen LogP contribution in [0.15, 0.2) is 0 Å². The molecule has 0 bridgehead atoms. The van der Waals surface area contributed by atoms with Gasteiger partial charge in [-0.05, 0) is 39.8 Å². The van der Waals surface area contributed by atoms with E-state index < -0.39 is 0 Å². The molecule has 2 heteroatoms. The zero-order valence-corrected chi connectivity index (χ0v) is 8.80. The van der Waals surface area contributed by atoms with Crippen molar-refractivity contribution < 1.29 is 0 Å². The minimum atomic E-state index is 0.607. The van der Waals surface area contributed by atoms with Crippen LogP contribution in [-0.2, 0) is 0 Å². The molecule has 12 heavy (non-hydrogen) atoms. The Kier molecular flexibility index (Phi) is 3.53. The molecule has 3 atom stereocenters. The number of nitrogens with one attached hydrogen (secondary N) is 1. The first-order valence-corrected chi connectivity index (χ1v) is 5.06. The number of nitrogens with zero attached hydrogens (tertiary/aromatic N) is 1. The van der Waals surface area contributed by atoms with Gasteiger partial charge in [0, 0.05) is 18.6 Å². The summed E-state index contributed by atoms with van der Waals surface area (Å²) in [6.45, 7) is 9.49. The Morgan fingerprint density at radius 3 is 2.50 bits per heavy atom. The number of hydrogen-bond acceptors (Lipinski definition) is 2. The maximum Gasteiger partial charge on any atom is 0.0218 e. The third kappa shape index (κ3) is 2.20. The van der Waals surface area contributed by atoms with Crippen LogP contribution in [0.4, 0.5) is 0 Å². The summed E-state index contributed by atoms with van der Waals surface area (Å²) in [7, 11) is 2.04. The second kappa shape index (κ2) is 4.24. The molecule has 1 rings (SSSR count). The predicted octanol–water partition coefficient (Wildman–Crippen LogP) is 1.32. The van der Waals surface area contributed by atoms with E-state index in [1.165, 1.54) is 19.5 Å². The first-order chi connectivity index (χ1) is 5.65. The SMILES string of the molecule is CNC(C)C(C)N1CCC(C)C1. The summed E-state index contributed by atoms with van der Waals surface area (Å²) in [5.74, 6) is 0.900. The standard InChI is InChI=1S/C10H22N2/c1-8-5-6-12(7-8)10(3)9(2)11-4/h8-11H,5-7H2,1-4H3. The van der Waals surface area contributed by atoms with Gasteiger partial charge in [-0.25, -0.2) is 0 Å². The molecule has 2 nitrogen and oxygen atoms in total. The van der Waals surface area contributed by atoms with E-state index in [9.17, 15) is 0 Å². The summed E-state index contributed by atoms with van der Waals surface area (Å²) in [5, 5.41) is 3.31. The van der Waals surface area contributed by atoms with Crippen LogP contribution in [-0.4, -0.2) is 37.1 Å². The highest BCUT2D eigenvalue weighted by molar-refractivity contribution is 4.82. The second-order valence-corrected chi connectivity index (χ2v) is 4.21. The molecule has 0 aromatic heterocycles. The summed E-state index contributed by atoms with van der Waals surface area (Å²) in [6, 6.07) is 1.29. The van der Waals surface area contributed by atoms with Crippen molar-refractivity contribution in [2.75, 3.05) is 20.1 Å². The van der Waals surface area contributed by atoms with E-state index in [1.54, 1.807) is 0 Å². The number of rotatable bonds is 3. The molecule has 0 spiro atoms. The fourth-order valence-electron chi connectivity index (χ4n) is 1.90. The van der Waals surface area contributed by atoms with Crippen LogP contribution in [0.1, 0.15) is 27.2 Å². The van der Waals surface area contributed by atoms with E-state index in [0.717, 1.165) is 5.92 Å². The van der Waals surface area contributed by atoms with Crippen molar-refractivity contribution in [3.8, 4) is 0 Å². The molecule has 72 valence electrons. The molecule has 0 aromatic rings. The first kappa shape index (κ1) is 10.0. The molecule has 1 saturated heterocycles. The van der Waals surface area contributed by atoms with Gasteiger partial charge in [0.05, 0.1) is 0 Å². The molecular weight excluding hydrogens is 148 g/mol. The van der Waals surface area contributed by atoms with Crippen LogP contribution in [0.3, 0.4) is 0 Å². The smallest absolute Gasteiger partial charge is 0.0218 e. The normalized spacial score (nSPS) is 30.5. The van der Waals surface area contributed by atoms with Gasteiger partial charge >= 0.3 is 0 Å². The molecule has 0 amide bonds. The largest absolute Gasteiger partial charge is 0.316 e. The first-order valence-electron chi connectivity index (χ1n) is 5.06. The summed E-state index contributed by atoms with van der Waals surface area (Å²) >= 11 is 0. The van der Waals surface area contributed by atoms with Crippen molar-refractivity contribution >= 4 is 0 Å². The minimum Gasteiger partial charge on any atom is -0.316 e. The van der Waals surface area contributed by atoms with Crippen molar-refractivity contribution in [2.24, 2.45) is 5.92 Å². The zero-order chi connectivity index (χ0) is 9.14. The lowest BCUT2D eigenvalue weighted by Crippen LogP contribution is -2.44. The van der Waals surface area contributed by atoms with Gasteiger partial charge in [-0.1, -0.05) is 6.92 Å². The summed E-state index contributed by atoms with van der Waals surface area (Å²) in [4.78, 5) is 2.59. The van der Waals surface area contributed by atoms with Crippen LogP contribution in [0.2, 0.25) is 0 Å². The van der Waals surface area contributed by atoms with Gasteiger partial charge < -0.3 is 5.32 Å². The predicted molar refractivity (Wildman–Crippen MR) is 53.3 cm³/mol. The lowest BCUT2D eigenvalue weighted by Gasteiger charge is -2.29. The monoisotopic (exact) mass is 170 g/mol. The quantitative estimate of drug-likeness (QED) is 0.687. The van der Waals surface area contributed by atoms with Crippen molar-refractivity contribution in [1.29, 1.82) is 0 Å². The Bertz CT molecular complexity index is 136. The Morgan fingerprint density at radius 2 is 2.08 bits per heavy atom. The molecule has 1 aliphatic heterocycles. The Hall–Kier alpha value is -0.0800. The summed E-state index contributed by atoms with van der Waals surface area (Å²) < 4.78 is 0. The van der Waals surface area contributed by atoms with Gasteiger partial charge in [0.2, 0.25) is 0 Å². The van der Waals surface area contributed by atoms with Crippen molar-refractivity contribution in [1.82, 2.24) is 10.2 Å². The molecule has 0 aliphatic carbocycles. The highest BCUT2D eigenvalue weighted by Crippen LogP contribution is 2.18. The Labute approximate surface area is 76.3 Å². The van der Waals surface area contributed by atoms with Crippen LogP contribution in [0.5, 0.6) is 0 Å². The molecule has 3 unspecified atom stereocenters. The Balaban J connectivity index is 2.37.